The van der Waals surface area contributed by atoms with E-state index in [1.165, 1.54) is 4.31 Å². The van der Waals surface area contributed by atoms with E-state index in [9.17, 15) is 8.42 Å². The molecule has 0 unspecified atom stereocenters. The van der Waals surface area contributed by atoms with Gasteiger partial charge < -0.3 is 9.73 Å². The van der Waals surface area contributed by atoms with Crippen LogP contribution in [0.5, 0.6) is 0 Å². The number of rotatable bonds is 9. The molecular weight excluding hydrogens is 264 g/mol. The molecule has 19 heavy (non-hydrogen) atoms. The normalized spacial score (nSPS) is 12.2. The summed E-state index contributed by atoms with van der Waals surface area (Å²) in [6, 6.07) is 1.81. The Bertz CT molecular complexity index is 468. The summed E-state index contributed by atoms with van der Waals surface area (Å²) in [5, 5.41) is 3.19. The summed E-state index contributed by atoms with van der Waals surface area (Å²) in [5.74, 6) is 0.973. The molecule has 0 bridgehead atoms. The molecule has 0 aliphatic carbocycles. The molecule has 1 heterocycles. The van der Waals surface area contributed by atoms with Crippen LogP contribution in [0.4, 0.5) is 0 Å². The number of furan rings is 1. The maximum Gasteiger partial charge on any atom is 0.214 e. The van der Waals surface area contributed by atoms with E-state index in [4.69, 9.17) is 4.42 Å². The summed E-state index contributed by atoms with van der Waals surface area (Å²) in [6.07, 6.45) is 3.15. The first kappa shape index (κ1) is 16.2. The Morgan fingerprint density at radius 3 is 2.68 bits per heavy atom. The molecule has 0 saturated carbocycles. The fourth-order valence-electron chi connectivity index (χ4n) is 1.78. The predicted molar refractivity (Wildman–Crippen MR) is 76.5 cm³/mol. The van der Waals surface area contributed by atoms with Crippen LogP contribution in [-0.4, -0.2) is 38.6 Å². The SMILES string of the molecule is CCNCCCCS(=O)(=O)N(C)Cc1ccoc1C. The third-order valence-corrected chi connectivity index (χ3v) is 4.97. The minimum Gasteiger partial charge on any atom is -0.469 e. The van der Waals surface area contributed by atoms with Gasteiger partial charge in [-0.15, -0.1) is 0 Å². The smallest absolute Gasteiger partial charge is 0.214 e. The molecular formula is C13H24N2O3S. The third-order valence-electron chi connectivity index (χ3n) is 3.09. The highest BCUT2D eigenvalue weighted by molar-refractivity contribution is 7.89. The second-order valence-corrected chi connectivity index (χ2v) is 6.83. The number of aryl methyl sites for hydroxylation is 1. The van der Waals surface area contributed by atoms with Crippen molar-refractivity contribution in [2.75, 3.05) is 25.9 Å². The molecule has 110 valence electrons. The molecule has 0 aliphatic heterocycles. The molecule has 0 aromatic carbocycles. The zero-order valence-electron chi connectivity index (χ0n) is 12.0. The van der Waals surface area contributed by atoms with Crippen molar-refractivity contribution in [3.63, 3.8) is 0 Å². The van der Waals surface area contributed by atoms with Gasteiger partial charge in [-0.1, -0.05) is 6.92 Å². The van der Waals surface area contributed by atoms with Crippen LogP contribution >= 0.6 is 0 Å². The minimum atomic E-state index is -3.18. The van der Waals surface area contributed by atoms with E-state index < -0.39 is 10.0 Å². The maximum absolute atomic E-state index is 12.1. The lowest BCUT2D eigenvalue weighted by Gasteiger charge is -2.16. The van der Waals surface area contributed by atoms with Crippen molar-refractivity contribution in [1.29, 1.82) is 0 Å². The van der Waals surface area contributed by atoms with Crippen LogP contribution in [0, 0.1) is 6.92 Å². The molecule has 0 saturated heterocycles. The monoisotopic (exact) mass is 288 g/mol. The molecule has 0 fully saturated rings. The first-order valence-electron chi connectivity index (χ1n) is 6.65. The van der Waals surface area contributed by atoms with Crippen LogP contribution in [0.2, 0.25) is 0 Å². The molecule has 0 spiro atoms. The van der Waals surface area contributed by atoms with Gasteiger partial charge in [0.1, 0.15) is 5.76 Å². The Balaban J connectivity index is 2.41. The molecule has 0 radical (unpaired) electrons. The highest BCUT2D eigenvalue weighted by Gasteiger charge is 2.18. The summed E-state index contributed by atoms with van der Waals surface area (Å²) >= 11 is 0. The van der Waals surface area contributed by atoms with Gasteiger partial charge >= 0.3 is 0 Å². The first-order valence-corrected chi connectivity index (χ1v) is 8.26. The second-order valence-electron chi connectivity index (χ2n) is 4.63. The number of hydrogen-bond donors (Lipinski definition) is 1. The molecule has 1 rings (SSSR count). The van der Waals surface area contributed by atoms with Crippen LogP contribution in [-0.2, 0) is 16.6 Å². The summed E-state index contributed by atoms with van der Waals surface area (Å²) in [5.41, 5.74) is 0.915. The fourth-order valence-corrected chi connectivity index (χ4v) is 3.00. The molecule has 6 heteroatoms. The number of nitrogens with zero attached hydrogens (tertiary/aromatic N) is 1. The van der Waals surface area contributed by atoms with Crippen molar-refractivity contribution in [2.24, 2.45) is 0 Å². The lowest BCUT2D eigenvalue weighted by atomic mass is 10.3. The lowest BCUT2D eigenvalue weighted by molar-refractivity contribution is 0.457. The minimum absolute atomic E-state index is 0.200. The van der Waals surface area contributed by atoms with Crippen LogP contribution in [0.15, 0.2) is 16.7 Å². The van der Waals surface area contributed by atoms with Gasteiger partial charge in [-0.25, -0.2) is 12.7 Å². The van der Waals surface area contributed by atoms with E-state index in [-0.39, 0.29) is 5.75 Å². The van der Waals surface area contributed by atoms with Crippen molar-refractivity contribution in [3.8, 4) is 0 Å². The number of nitrogens with one attached hydrogen (secondary N) is 1. The first-order chi connectivity index (χ1) is 8.97. The highest BCUT2D eigenvalue weighted by atomic mass is 32.2. The van der Waals surface area contributed by atoms with E-state index in [2.05, 4.69) is 5.32 Å². The van der Waals surface area contributed by atoms with Crippen LogP contribution in [0.1, 0.15) is 31.1 Å². The molecule has 1 N–H and O–H groups in total. The molecule has 1 aromatic heterocycles. The van der Waals surface area contributed by atoms with Gasteiger partial charge in [0.2, 0.25) is 10.0 Å². The van der Waals surface area contributed by atoms with Gasteiger partial charge in [-0.05, 0) is 38.9 Å². The van der Waals surface area contributed by atoms with Crippen LogP contribution < -0.4 is 5.32 Å². The average Bonchev–Trinajstić information content (AvgIpc) is 2.74. The predicted octanol–water partition coefficient (Wildman–Crippen LogP) is 1.74. The van der Waals surface area contributed by atoms with Gasteiger partial charge in [-0.3, -0.25) is 0 Å². The Labute approximate surface area is 116 Å². The zero-order chi connectivity index (χ0) is 14.3. The highest BCUT2D eigenvalue weighted by Crippen LogP contribution is 2.13. The van der Waals surface area contributed by atoms with Gasteiger partial charge in [0.05, 0.1) is 12.0 Å². The van der Waals surface area contributed by atoms with Crippen LogP contribution in [0.25, 0.3) is 0 Å². The third kappa shape index (κ3) is 5.34. The summed E-state index contributed by atoms with van der Waals surface area (Å²) < 4.78 is 30.7. The Hall–Kier alpha value is -0.850. The van der Waals surface area contributed by atoms with E-state index in [0.29, 0.717) is 13.0 Å². The summed E-state index contributed by atoms with van der Waals surface area (Å²) in [4.78, 5) is 0. The molecule has 5 nitrogen and oxygen atoms in total. The summed E-state index contributed by atoms with van der Waals surface area (Å²) in [6.45, 7) is 6.05. The van der Waals surface area contributed by atoms with Crippen LogP contribution in [0.3, 0.4) is 0 Å². The second kappa shape index (κ2) is 7.67. The molecule has 0 aliphatic rings. The number of hydrogen-bond acceptors (Lipinski definition) is 4. The topological polar surface area (TPSA) is 62.6 Å². The summed E-state index contributed by atoms with van der Waals surface area (Å²) in [7, 11) is -1.56. The Kier molecular flexibility index (Phi) is 6.54. The van der Waals surface area contributed by atoms with Crippen molar-refractivity contribution in [3.05, 3.63) is 23.7 Å². The van der Waals surface area contributed by atoms with Gasteiger partial charge in [0.15, 0.2) is 0 Å². The Morgan fingerprint density at radius 1 is 1.37 bits per heavy atom. The van der Waals surface area contributed by atoms with E-state index >= 15 is 0 Å². The van der Waals surface area contributed by atoms with Crippen molar-refractivity contribution in [1.82, 2.24) is 9.62 Å². The average molecular weight is 288 g/mol. The number of unbranched alkanes of at least 4 members (excludes halogenated alkanes) is 1. The zero-order valence-corrected chi connectivity index (χ0v) is 12.8. The van der Waals surface area contributed by atoms with Crippen molar-refractivity contribution < 1.29 is 12.8 Å². The van der Waals surface area contributed by atoms with E-state index in [0.717, 1.165) is 30.8 Å². The molecule has 1 aromatic rings. The molecule has 0 amide bonds. The maximum atomic E-state index is 12.1. The van der Waals surface area contributed by atoms with Crippen molar-refractivity contribution in [2.45, 2.75) is 33.2 Å². The fraction of sp³-hybridized carbons (Fsp3) is 0.692. The van der Waals surface area contributed by atoms with Gasteiger partial charge in [-0.2, -0.15) is 0 Å². The number of sulfonamides is 1. The largest absolute Gasteiger partial charge is 0.469 e. The quantitative estimate of drug-likeness (QED) is 0.703. The van der Waals surface area contributed by atoms with E-state index in [1.807, 2.05) is 19.9 Å². The molecule has 0 atom stereocenters. The van der Waals surface area contributed by atoms with E-state index in [1.54, 1.807) is 13.3 Å². The lowest BCUT2D eigenvalue weighted by Crippen LogP contribution is -2.29. The van der Waals surface area contributed by atoms with Crippen molar-refractivity contribution >= 4 is 10.0 Å². The van der Waals surface area contributed by atoms with Gasteiger partial charge in [0.25, 0.3) is 0 Å². The standard InChI is InChI=1S/C13H24N2O3S/c1-4-14-8-5-6-10-19(16,17)15(3)11-13-7-9-18-12(13)2/h7,9,14H,4-6,8,10-11H2,1-3H3. The van der Waals surface area contributed by atoms with Gasteiger partial charge in [0, 0.05) is 19.2 Å². The Morgan fingerprint density at radius 2 is 2.11 bits per heavy atom.